The lowest BCUT2D eigenvalue weighted by Gasteiger charge is -2.23. The van der Waals surface area contributed by atoms with Gasteiger partial charge in [0.15, 0.2) is 0 Å². The molecule has 12 heteroatoms. The van der Waals surface area contributed by atoms with E-state index < -0.39 is 38.9 Å². The molecule has 3 rings (SSSR count). The monoisotopic (exact) mass is 554 g/mol. The third-order valence-electron chi connectivity index (χ3n) is 6.49. The van der Waals surface area contributed by atoms with Gasteiger partial charge in [-0.2, -0.15) is 0 Å². The third-order valence-corrected chi connectivity index (χ3v) is 8.63. The Labute approximate surface area is 223 Å². The van der Waals surface area contributed by atoms with Crippen molar-refractivity contribution in [3.63, 3.8) is 0 Å². The highest BCUT2D eigenvalue weighted by atomic mass is 32.2. The molecule has 0 radical (unpaired) electrons. The summed E-state index contributed by atoms with van der Waals surface area (Å²) in [5.74, 6) is -0.446. The van der Waals surface area contributed by atoms with Crippen LogP contribution in [0.1, 0.15) is 44.0 Å². The number of rotatable bonds is 14. The minimum Gasteiger partial charge on any atom is -0.491 e. The van der Waals surface area contributed by atoms with Crippen molar-refractivity contribution in [3.05, 3.63) is 47.5 Å². The zero-order valence-corrected chi connectivity index (χ0v) is 23.1. The van der Waals surface area contributed by atoms with Crippen molar-refractivity contribution in [2.45, 2.75) is 44.9 Å². The van der Waals surface area contributed by atoms with E-state index >= 15 is 0 Å². The normalized spacial score (nSPS) is 17.7. The first-order chi connectivity index (χ1) is 17.9. The number of pyridine rings is 1. The molecule has 1 amide bonds. The number of nitrogens with zero attached hydrogens (tertiary/aromatic N) is 2. The van der Waals surface area contributed by atoms with Gasteiger partial charge in [0.05, 0.1) is 11.3 Å². The number of sulfonamides is 1. The summed E-state index contributed by atoms with van der Waals surface area (Å²) in [6, 6.07) is 5.26. The number of benzene rings is 1. The topological polar surface area (TPSA) is 110 Å². The molecule has 3 unspecified atom stereocenters. The summed E-state index contributed by atoms with van der Waals surface area (Å²) in [4.78, 5) is 17.8. The van der Waals surface area contributed by atoms with Crippen LogP contribution in [0, 0.1) is 23.5 Å². The lowest BCUT2D eigenvalue weighted by molar-refractivity contribution is 0.0902. The fraction of sp³-hybridized carbons (Fsp3) is 0.538. The summed E-state index contributed by atoms with van der Waals surface area (Å²) in [6.07, 6.45) is 1.46. The number of aromatic nitrogens is 1. The molecule has 1 aliphatic carbocycles. The third kappa shape index (κ3) is 8.00. The molecular weight excluding hydrogens is 518 g/mol. The molecule has 1 aliphatic rings. The number of carbonyl (C=O) groups is 1. The first-order valence-corrected chi connectivity index (χ1v) is 14.0. The van der Waals surface area contributed by atoms with Crippen LogP contribution in [0.5, 0.6) is 5.75 Å². The molecular formula is C26H36F2N4O5S. The second-order valence-corrected chi connectivity index (χ2v) is 12.4. The number of methoxy groups -OCH3 is 1. The maximum Gasteiger partial charge on any atom is 0.251 e. The van der Waals surface area contributed by atoms with Crippen molar-refractivity contribution in [2.24, 2.45) is 11.8 Å². The Morgan fingerprint density at radius 1 is 1.18 bits per heavy atom. The summed E-state index contributed by atoms with van der Waals surface area (Å²) in [6.45, 7) is 6.19. The lowest BCUT2D eigenvalue weighted by Crippen LogP contribution is -2.40. The van der Waals surface area contributed by atoms with E-state index in [9.17, 15) is 22.0 Å². The molecule has 1 heterocycles. The van der Waals surface area contributed by atoms with Gasteiger partial charge in [-0.3, -0.25) is 9.10 Å². The van der Waals surface area contributed by atoms with Gasteiger partial charge in [-0.15, -0.1) is 0 Å². The van der Waals surface area contributed by atoms with Gasteiger partial charge in [0.1, 0.15) is 35.6 Å². The van der Waals surface area contributed by atoms with Crippen LogP contribution in [0.15, 0.2) is 30.3 Å². The molecule has 0 aliphatic heterocycles. The van der Waals surface area contributed by atoms with Crippen LogP contribution in [0.25, 0.3) is 0 Å². The van der Waals surface area contributed by atoms with E-state index in [-0.39, 0.29) is 23.7 Å². The van der Waals surface area contributed by atoms with E-state index in [4.69, 9.17) is 9.47 Å². The molecule has 2 aromatic rings. The molecule has 0 saturated heterocycles. The fourth-order valence-electron chi connectivity index (χ4n) is 3.80. The average molecular weight is 555 g/mol. The highest BCUT2D eigenvalue weighted by Gasteiger charge is 2.32. The van der Waals surface area contributed by atoms with Gasteiger partial charge in [0, 0.05) is 51.1 Å². The quantitative estimate of drug-likeness (QED) is 0.365. The predicted molar refractivity (Wildman–Crippen MR) is 142 cm³/mol. The van der Waals surface area contributed by atoms with Crippen molar-refractivity contribution >= 4 is 27.6 Å². The van der Waals surface area contributed by atoms with E-state index in [2.05, 4.69) is 22.5 Å². The van der Waals surface area contributed by atoms with Crippen LogP contribution < -0.4 is 19.7 Å². The number of halogens is 2. The predicted octanol–water partition coefficient (Wildman–Crippen LogP) is 3.82. The number of ether oxygens (including phenoxy) is 2. The van der Waals surface area contributed by atoms with Gasteiger partial charge in [-0.05, 0) is 50.7 Å². The van der Waals surface area contributed by atoms with Crippen LogP contribution >= 0.6 is 0 Å². The van der Waals surface area contributed by atoms with Crippen LogP contribution in [0.3, 0.4) is 0 Å². The highest BCUT2D eigenvalue weighted by Crippen LogP contribution is 2.37. The van der Waals surface area contributed by atoms with Gasteiger partial charge in [0.25, 0.3) is 5.91 Å². The Morgan fingerprint density at radius 3 is 2.42 bits per heavy atom. The molecule has 38 heavy (non-hydrogen) atoms. The maximum absolute atomic E-state index is 13.5. The Hall–Kier alpha value is -2.99. The molecule has 1 saturated carbocycles. The number of amides is 1. The van der Waals surface area contributed by atoms with Crippen molar-refractivity contribution in [1.29, 1.82) is 0 Å². The molecule has 210 valence electrons. The second kappa shape index (κ2) is 12.7. The van der Waals surface area contributed by atoms with Crippen molar-refractivity contribution in [1.82, 2.24) is 10.3 Å². The summed E-state index contributed by atoms with van der Waals surface area (Å²) >= 11 is 0. The van der Waals surface area contributed by atoms with Crippen LogP contribution in [0.4, 0.5) is 20.4 Å². The fourth-order valence-corrected chi connectivity index (χ4v) is 4.79. The molecule has 3 atom stereocenters. The Balaban J connectivity index is 1.82. The zero-order valence-electron chi connectivity index (χ0n) is 22.3. The van der Waals surface area contributed by atoms with Gasteiger partial charge in [-0.1, -0.05) is 6.92 Å². The molecule has 1 aromatic heterocycles. The van der Waals surface area contributed by atoms with E-state index in [0.717, 1.165) is 28.9 Å². The first-order valence-electron chi connectivity index (χ1n) is 12.5. The van der Waals surface area contributed by atoms with Crippen LogP contribution in [-0.4, -0.2) is 64.5 Å². The summed E-state index contributed by atoms with van der Waals surface area (Å²) < 4.78 is 64.4. The summed E-state index contributed by atoms with van der Waals surface area (Å²) in [7, 11) is -0.768. The minimum absolute atomic E-state index is 0.00771. The van der Waals surface area contributed by atoms with Crippen molar-refractivity contribution in [3.8, 4) is 5.75 Å². The minimum atomic E-state index is -3.68. The standard InChI is InChI=1S/C26H36F2N4O5S/c1-16(2)38(34,35)32(4)25-10-18(9-24(31-25)29-14-19-8-17(19)3)26(33)30-22(6-7-36-5)15-37-23-12-20(27)11-21(28)13-23/h9-13,16-17,19,22H,6-8,14-15H2,1-5H3,(H,29,31)(H,30,33). The summed E-state index contributed by atoms with van der Waals surface area (Å²) in [5.41, 5.74) is 0.200. The molecule has 9 nitrogen and oxygen atoms in total. The van der Waals surface area contributed by atoms with E-state index in [0.29, 0.717) is 37.2 Å². The largest absolute Gasteiger partial charge is 0.491 e. The zero-order chi connectivity index (χ0) is 28.0. The van der Waals surface area contributed by atoms with E-state index in [1.54, 1.807) is 19.9 Å². The number of nitrogens with one attached hydrogen (secondary N) is 2. The first kappa shape index (κ1) is 29.6. The lowest BCUT2D eigenvalue weighted by atomic mass is 10.1. The Bertz CT molecular complexity index is 1210. The van der Waals surface area contributed by atoms with Crippen molar-refractivity contribution in [2.75, 3.05) is 43.5 Å². The van der Waals surface area contributed by atoms with Gasteiger partial charge in [-0.25, -0.2) is 22.2 Å². The second-order valence-electron chi connectivity index (χ2n) is 9.88. The smallest absolute Gasteiger partial charge is 0.251 e. The summed E-state index contributed by atoms with van der Waals surface area (Å²) in [5, 5.41) is 5.39. The van der Waals surface area contributed by atoms with E-state index in [1.807, 2.05) is 0 Å². The Morgan fingerprint density at radius 2 is 1.84 bits per heavy atom. The molecule has 1 fully saturated rings. The maximum atomic E-state index is 13.5. The average Bonchev–Trinajstić information content (AvgIpc) is 3.57. The number of hydrogen-bond donors (Lipinski definition) is 2. The number of carbonyl (C=O) groups excluding carboxylic acids is 1. The Kier molecular flexibility index (Phi) is 9.88. The highest BCUT2D eigenvalue weighted by molar-refractivity contribution is 7.93. The van der Waals surface area contributed by atoms with Crippen LogP contribution in [0.2, 0.25) is 0 Å². The van der Waals surface area contributed by atoms with Crippen LogP contribution in [-0.2, 0) is 14.8 Å². The van der Waals surface area contributed by atoms with E-state index in [1.165, 1.54) is 20.2 Å². The molecule has 2 N–H and O–H groups in total. The van der Waals surface area contributed by atoms with Crippen molar-refractivity contribution < 1.29 is 31.5 Å². The van der Waals surface area contributed by atoms with Gasteiger partial charge in [0.2, 0.25) is 10.0 Å². The number of anilines is 2. The number of hydrogen-bond acceptors (Lipinski definition) is 7. The van der Waals surface area contributed by atoms with Gasteiger partial charge >= 0.3 is 0 Å². The molecule has 0 spiro atoms. The molecule has 1 aromatic carbocycles. The van der Waals surface area contributed by atoms with Gasteiger partial charge < -0.3 is 20.1 Å². The SMILES string of the molecule is COCCC(COc1cc(F)cc(F)c1)NC(=O)c1cc(NCC2CC2C)nc(N(C)S(=O)(=O)C(C)C)c1. The molecule has 0 bridgehead atoms.